The Kier molecular flexibility index (Phi) is 6.36. The summed E-state index contributed by atoms with van der Waals surface area (Å²) in [6.07, 6.45) is 1.66. The number of ether oxygens (including phenoxy) is 1. The van der Waals surface area contributed by atoms with Crippen LogP contribution in [0.4, 0.5) is 5.69 Å². The van der Waals surface area contributed by atoms with Crippen LogP contribution in [0.2, 0.25) is 0 Å². The van der Waals surface area contributed by atoms with E-state index >= 15 is 0 Å². The van der Waals surface area contributed by atoms with Crippen molar-refractivity contribution in [1.29, 1.82) is 0 Å². The van der Waals surface area contributed by atoms with Crippen LogP contribution in [0.25, 0.3) is 0 Å². The van der Waals surface area contributed by atoms with Gasteiger partial charge in [0.25, 0.3) is 5.91 Å². The third-order valence-electron chi connectivity index (χ3n) is 4.25. The number of anilines is 1. The van der Waals surface area contributed by atoms with Crippen molar-refractivity contribution in [3.8, 4) is 5.75 Å². The molecule has 1 N–H and O–H groups in total. The molecule has 2 aromatic carbocycles. The maximum atomic E-state index is 12.2. The van der Waals surface area contributed by atoms with Gasteiger partial charge in [-0.2, -0.15) is 0 Å². The summed E-state index contributed by atoms with van der Waals surface area (Å²) >= 11 is 1.51. The number of rotatable bonds is 7. The zero-order chi connectivity index (χ0) is 20.1. The lowest BCUT2D eigenvalue weighted by molar-refractivity contribution is -0.118. The van der Waals surface area contributed by atoms with Gasteiger partial charge in [-0.3, -0.25) is 4.79 Å². The second-order valence-corrected chi connectivity index (χ2v) is 7.90. The molecular weight excluding hydrogens is 372 g/mol. The maximum Gasteiger partial charge on any atom is 0.262 e. The van der Waals surface area contributed by atoms with Gasteiger partial charge in [0.05, 0.1) is 0 Å². The Hall–Kier alpha value is -2.80. The molecule has 0 saturated carbocycles. The van der Waals surface area contributed by atoms with Crippen LogP contribution in [-0.4, -0.2) is 27.3 Å². The number of carbonyl (C=O) groups is 1. The van der Waals surface area contributed by atoms with Crippen LogP contribution in [0, 0.1) is 6.92 Å². The summed E-state index contributed by atoms with van der Waals surface area (Å²) < 4.78 is 7.48. The van der Waals surface area contributed by atoms with E-state index in [0.717, 1.165) is 15.7 Å². The minimum absolute atomic E-state index is 0.0318. The molecule has 0 unspecified atom stereocenters. The van der Waals surface area contributed by atoms with Gasteiger partial charge in [0.1, 0.15) is 12.1 Å². The summed E-state index contributed by atoms with van der Waals surface area (Å²) in [6.45, 7) is 6.35. The second kappa shape index (κ2) is 8.93. The lowest BCUT2D eigenvalue weighted by Crippen LogP contribution is -2.20. The number of nitrogens with zero attached hydrogens (tertiary/aromatic N) is 3. The number of aryl methyl sites for hydroxylation is 2. The lowest BCUT2D eigenvalue weighted by Gasteiger charge is -2.12. The van der Waals surface area contributed by atoms with Gasteiger partial charge >= 0.3 is 0 Å². The number of hydrogen-bond donors (Lipinski definition) is 1. The molecule has 0 aliphatic heterocycles. The number of carbonyl (C=O) groups excluding carboxylic acids is 1. The fraction of sp³-hybridized carbons (Fsp3) is 0.286. The molecule has 1 amide bonds. The molecule has 7 heteroatoms. The molecule has 0 bridgehead atoms. The summed E-state index contributed by atoms with van der Waals surface area (Å²) in [5.41, 5.74) is 3.18. The van der Waals surface area contributed by atoms with E-state index in [1.165, 1.54) is 22.9 Å². The predicted molar refractivity (Wildman–Crippen MR) is 111 cm³/mol. The summed E-state index contributed by atoms with van der Waals surface area (Å²) in [4.78, 5) is 13.2. The number of hydrogen-bond acceptors (Lipinski definition) is 5. The number of nitrogens with one attached hydrogen (secondary N) is 1. The van der Waals surface area contributed by atoms with Gasteiger partial charge in [0.2, 0.25) is 0 Å². The average molecular weight is 397 g/mol. The van der Waals surface area contributed by atoms with Crippen molar-refractivity contribution >= 4 is 23.4 Å². The van der Waals surface area contributed by atoms with E-state index in [1.54, 1.807) is 6.33 Å². The highest BCUT2D eigenvalue weighted by molar-refractivity contribution is 7.99. The quantitative estimate of drug-likeness (QED) is 0.640. The van der Waals surface area contributed by atoms with Gasteiger partial charge in [-0.25, -0.2) is 0 Å². The van der Waals surface area contributed by atoms with E-state index in [4.69, 9.17) is 4.74 Å². The van der Waals surface area contributed by atoms with Gasteiger partial charge in [0.15, 0.2) is 11.8 Å². The number of aromatic nitrogens is 3. The highest BCUT2D eigenvalue weighted by Gasteiger charge is 2.08. The second-order valence-electron chi connectivity index (χ2n) is 6.86. The first-order valence-corrected chi connectivity index (χ1v) is 9.89. The van der Waals surface area contributed by atoms with Crippen LogP contribution in [0.5, 0.6) is 5.75 Å². The molecule has 6 nitrogen and oxygen atoms in total. The Morgan fingerprint density at radius 2 is 1.96 bits per heavy atom. The molecule has 0 atom stereocenters. The molecule has 0 spiro atoms. The third kappa shape index (κ3) is 5.13. The van der Waals surface area contributed by atoms with Gasteiger partial charge in [-0.1, -0.05) is 19.9 Å². The van der Waals surface area contributed by atoms with Gasteiger partial charge < -0.3 is 14.6 Å². The minimum Gasteiger partial charge on any atom is -0.484 e. The van der Waals surface area contributed by atoms with Crippen molar-refractivity contribution in [3.63, 3.8) is 0 Å². The maximum absolute atomic E-state index is 12.2. The van der Waals surface area contributed by atoms with E-state index in [9.17, 15) is 4.79 Å². The zero-order valence-corrected chi connectivity index (χ0v) is 17.3. The van der Waals surface area contributed by atoms with Crippen molar-refractivity contribution in [2.45, 2.75) is 36.7 Å². The lowest BCUT2D eigenvalue weighted by atomic mass is 9.98. The van der Waals surface area contributed by atoms with E-state index in [0.29, 0.717) is 11.7 Å². The van der Waals surface area contributed by atoms with Crippen LogP contribution in [0.15, 0.2) is 58.8 Å². The molecular formula is C21H24N4O2S. The molecule has 1 heterocycles. The van der Waals surface area contributed by atoms with Crippen molar-refractivity contribution in [1.82, 2.24) is 14.8 Å². The largest absolute Gasteiger partial charge is 0.484 e. The van der Waals surface area contributed by atoms with Crippen LogP contribution in [0.3, 0.4) is 0 Å². The fourth-order valence-electron chi connectivity index (χ4n) is 2.81. The highest BCUT2D eigenvalue weighted by atomic mass is 32.2. The third-order valence-corrected chi connectivity index (χ3v) is 5.31. The van der Waals surface area contributed by atoms with E-state index in [2.05, 4.69) is 42.4 Å². The molecule has 3 aromatic rings. The normalized spacial score (nSPS) is 10.9. The number of amides is 1. The summed E-state index contributed by atoms with van der Waals surface area (Å²) in [6, 6.07) is 13.5. The Balaban J connectivity index is 1.52. The van der Waals surface area contributed by atoms with Gasteiger partial charge in [-0.05, 0) is 72.1 Å². The minimum atomic E-state index is -0.195. The van der Waals surface area contributed by atoms with Crippen molar-refractivity contribution in [2.75, 3.05) is 11.9 Å². The molecule has 146 valence electrons. The monoisotopic (exact) mass is 396 g/mol. The molecule has 1 aromatic heterocycles. The van der Waals surface area contributed by atoms with Crippen LogP contribution >= 0.6 is 11.8 Å². The molecule has 0 saturated heterocycles. The summed E-state index contributed by atoms with van der Waals surface area (Å²) in [7, 11) is 1.90. The first kappa shape index (κ1) is 19.9. The Bertz CT molecular complexity index is 951. The molecule has 0 aliphatic rings. The fourth-order valence-corrected chi connectivity index (χ4v) is 3.57. The average Bonchev–Trinajstić information content (AvgIpc) is 3.06. The number of benzene rings is 2. The van der Waals surface area contributed by atoms with Gasteiger partial charge in [0, 0.05) is 17.6 Å². The standard InChI is InChI=1S/C21H24N4O2S/c1-14(2)19-10-7-17(11-15(19)3)27-12-20(26)23-16-5-8-18(9-6-16)28-21-24-22-13-25(21)4/h5-11,13-14H,12H2,1-4H3,(H,23,26). The molecule has 28 heavy (non-hydrogen) atoms. The topological polar surface area (TPSA) is 69.0 Å². The Morgan fingerprint density at radius 1 is 1.21 bits per heavy atom. The van der Waals surface area contributed by atoms with Gasteiger partial charge in [-0.15, -0.1) is 10.2 Å². The van der Waals surface area contributed by atoms with E-state index < -0.39 is 0 Å². The Labute approximate surface area is 169 Å². The van der Waals surface area contributed by atoms with Crippen molar-refractivity contribution in [2.24, 2.45) is 7.05 Å². The van der Waals surface area contributed by atoms with Crippen LogP contribution in [-0.2, 0) is 11.8 Å². The van der Waals surface area contributed by atoms with Crippen molar-refractivity contribution in [3.05, 3.63) is 59.9 Å². The molecule has 0 radical (unpaired) electrons. The highest BCUT2D eigenvalue weighted by Crippen LogP contribution is 2.26. The summed E-state index contributed by atoms with van der Waals surface area (Å²) in [5.74, 6) is 0.971. The molecule has 3 rings (SSSR count). The zero-order valence-electron chi connectivity index (χ0n) is 16.5. The summed E-state index contributed by atoms with van der Waals surface area (Å²) in [5, 5.41) is 11.6. The first-order valence-electron chi connectivity index (χ1n) is 9.07. The smallest absolute Gasteiger partial charge is 0.262 e. The molecule has 0 fully saturated rings. The Morgan fingerprint density at radius 3 is 2.57 bits per heavy atom. The first-order chi connectivity index (χ1) is 13.4. The van der Waals surface area contributed by atoms with E-state index in [-0.39, 0.29) is 12.5 Å². The van der Waals surface area contributed by atoms with E-state index in [1.807, 2.05) is 48.0 Å². The SMILES string of the molecule is Cc1cc(OCC(=O)Nc2ccc(Sc3nncn3C)cc2)ccc1C(C)C. The molecule has 0 aliphatic carbocycles. The van der Waals surface area contributed by atoms with Crippen LogP contribution < -0.4 is 10.1 Å². The predicted octanol–water partition coefficient (Wildman–Crippen LogP) is 4.42. The van der Waals surface area contributed by atoms with Crippen LogP contribution in [0.1, 0.15) is 30.9 Å². The van der Waals surface area contributed by atoms with Crippen molar-refractivity contribution < 1.29 is 9.53 Å².